The summed E-state index contributed by atoms with van der Waals surface area (Å²) in [6.07, 6.45) is 13.8. The van der Waals surface area contributed by atoms with Crippen molar-refractivity contribution < 1.29 is 0 Å². The van der Waals surface area contributed by atoms with Crippen LogP contribution in [-0.2, 0) is 0 Å². The van der Waals surface area contributed by atoms with E-state index in [1.165, 1.54) is 51.4 Å². The molecule has 4 N–H and O–H groups in total. The molecular weight excluding hydrogens is 184 g/mol. The zero-order chi connectivity index (χ0) is 11.4. The Morgan fingerprint density at radius 3 is 2.00 bits per heavy atom. The second-order valence-corrected chi connectivity index (χ2v) is 4.24. The van der Waals surface area contributed by atoms with Crippen LogP contribution in [0.3, 0.4) is 0 Å². The van der Waals surface area contributed by atoms with Crippen LogP contribution < -0.4 is 11.5 Å². The number of hydrogen-bond donors (Lipinski definition) is 2. The van der Waals surface area contributed by atoms with Crippen molar-refractivity contribution in [1.29, 1.82) is 0 Å². The van der Waals surface area contributed by atoms with Crippen LogP contribution >= 0.6 is 0 Å². The maximum Gasteiger partial charge on any atom is 0.0126 e. The third kappa shape index (κ3) is 11.4. The third-order valence-electron chi connectivity index (χ3n) is 2.70. The lowest BCUT2D eigenvalue weighted by Gasteiger charge is -2.02. The van der Waals surface area contributed by atoms with E-state index in [1.54, 1.807) is 0 Å². The average molecular weight is 212 g/mol. The fraction of sp³-hybridized carbons (Fsp3) is 0.846. The molecule has 0 saturated carbocycles. The standard InChI is InChI=1S/C13H28N2/c1-2-3-4-5-6-7-8-9-10-13(15)11-12-14/h11H,2-10,12,14-15H2,1H3. The summed E-state index contributed by atoms with van der Waals surface area (Å²) < 4.78 is 0. The van der Waals surface area contributed by atoms with Gasteiger partial charge < -0.3 is 11.5 Å². The quantitative estimate of drug-likeness (QED) is 0.546. The van der Waals surface area contributed by atoms with Crippen LogP contribution in [0, 0.1) is 0 Å². The summed E-state index contributed by atoms with van der Waals surface area (Å²) in [5.41, 5.74) is 12.1. The summed E-state index contributed by atoms with van der Waals surface area (Å²) in [5, 5.41) is 0. The highest BCUT2D eigenvalue weighted by Crippen LogP contribution is 2.10. The first kappa shape index (κ1) is 14.5. The van der Waals surface area contributed by atoms with Crippen LogP contribution in [0.5, 0.6) is 0 Å². The zero-order valence-corrected chi connectivity index (χ0v) is 10.3. The molecule has 0 spiro atoms. The van der Waals surface area contributed by atoms with E-state index >= 15 is 0 Å². The first-order valence-corrected chi connectivity index (χ1v) is 6.45. The number of unbranched alkanes of at least 4 members (excludes halogenated alkanes) is 7. The number of rotatable bonds is 10. The van der Waals surface area contributed by atoms with E-state index in [0.717, 1.165) is 12.1 Å². The molecule has 0 heterocycles. The molecule has 0 aromatic heterocycles. The molecule has 0 aliphatic rings. The van der Waals surface area contributed by atoms with Crippen LogP contribution in [0.2, 0.25) is 0 Å². The molecule has 0 aromatic carbocycles. The van der Waals surface area contributed by atoms with Gasteiger partial charge in [-0.25, -0.2) is 0 Å². The van der Waals surface area contributed by atoms with Gasteiger partial charge in [0.05, 0.1) is 0 Å². The van der Waals surface area contributed by atoms with Gasteiger partial charge in [-0.1, -0.05) is 57.9 Å². The summed E-state index contributed by atoms with van der Waals surface area (Å²) in [7, 11) is 0. The molecule has 0 rings (SSSR count). The van der Waals surface area contributed by atoms with Crippen LogP contribution in [0.15, 0.2) is 11.8 Å². The monoisotopic (exact) mass is 212 g/mol. The summed E-state index contributed by atoms with van der Waals surface area (Å²) >= 11 is 0. The van der Waals surface area contributed by atoms with Crippen molar-refractivity contribution >= 4 is 0 Å². The Balaban J connectivity index is 3.08. The van der Waals surface area contributed by atoms with Gasteiger partial charge in [-0.15, -0.1) is 0 Å². The Bertz CT molecular complexity index is 153. The topological polar surface area (TPSA) is 52.0 Å². The maximum absolute atomic E-state index is 5.75. The van der Waals surface area contributed by atoms with Crippen molar-refractivity contribution in [3.05, 3.63) is 11.8 Å². The fourth-order valence-corrected chi connectivity index (χ4v) is 1.72. The molecule has 0 aromatic rings. The van der Waals surface area contributed by atoms with Gasteiger partial charge in [0.25, 0.3) is 0 Å². The van der Waals surface area contributed by atoms with E-state index in [0.29, 0.717) is 6.54 Å². The molecule has 0 saturated heterocycles. The van der Waals surface area contributed by atoms with E-state index in [2.05, 4.69) is 6.92 Å². The van der Waals surface area contributed by atoms with Gasteiger partial charge in [-0.05, 0) is 12.8 Å². The van der Waals surface area contributed by atoms with Gasteiger partial charge in [-0.3, -0.25) is 0 Å². The smallest absolute Gasteiger partial charge is 0.0126 e. The highest BCUT2D eigenvalue weighted by atomic mass is 14.6. The van der Waals surface area contributed by atoms with Crippen LogP contribution in [0.4, 0.5) is 0 Å². The molecule has 0 bridgehead atoms. The van der Waals surface area contributed by atoms with E-state index < -0.39 is 0 Å². The van der Waals surface area contributed by atoms with Crippen molar-refractivity contribution in [1.82, 2.24) is 0 Å². The van der Waals surface area contributed by atoms with E-state index in [9.17, 15) is 0 Å². The molecule has 0 unspecified atom stereocenters. The molecule has 90 valence electrons. The van der Waals surface area contributed by atoms with Crippen molar-refractivity contribution in [2.75, 3.05) is 6.54 Å². The molecule has 0 fully saturated rings. The first-order chi connectivity index (χ1) is 7.31. The lowest BCUT2D eigenvalue weighted by Crippen LogP contribution is -2.02. The first-order valence-electron chi connectivity index (χ1n) is 6.45. The predicted molar refractivity (Wildman–Crippen MR) is 68.6 cm³/mol. The van der Waals surface area contributed by atoms with Crippen LogP contribution in [-0.4, -0.2) is 6.54 Å². The lowest BCUT2D eigenvalue weighted by molar-refractivity contribution is 0.574. The number of nitrogens with two attached hydrogens (primary N) is 2. The zero-order valence-electron chi connectivity index (χ0n) is 10.3. The largest absolute Gasteiger partial charge is 0.402 e. The Morgan fingerprint density at radius 1 is 0.933 bits per heavy atom. The minimum Gasteiger partial charge on any atom is -0.402 e. The minimum absolute atomic E-state index is 0.572. The number of hydrogen-bond acceptors (Lipinski definition) is 2. The van der Waals surface area contributed by atoms with Gasteiger partial charge in [0.2, 0.25) is 0 Å². The van der Waals surface area contributed by atoms with Crippen molar-refractivity contribution in [2.24, 2.45) is 11.5 Å². The second kappa shape index (κ2) is 11.6. The molecule has 0 aliphatic heterocycles. The summed E-state index contributed by atoms with van der Waals surface area (Å²) in [6, 6.07) is 0. The van der Waals surface area contributed by atoms with E-state index in [4.69, 9.17) is 11.5 Å². The number of allylic oxidation sites excluding steroid dienone is 1. The molecule has 2 heteroatoms. The maximum atomic E-state index is 5.75. The molecule has 0 radical (unpaired) electrons. The molecule has 15 heavy (non-hydrogen) atoms. The Morgan fingerprint density at radius 2 is 1.47 bits per heavy atom. The highest BCUT2D eigenvalue weighted by molar-refractivity contribution is 4.96. The summed E-state index contributed by atoms with van der Waals surface area (Å²) in [5.74, 6) is 0. The van der Waals surface area contributed by atoms with Gasteiger partial charge in [-0.2, -0.15) is 0 Å². The van der Waals surface area contributed by atoms with Gasteiger partial charge in [0.1, 0.15) is 0 Å². The van der Waals surface area contributed by atoms with E-state index in [-0.39, 0.29) is 0 Å². The van der Waals surface area contributed by atoms with Crippen molar-refractivity contribution in [3.8, 4) is 0 Å². The van der Waals surface area contributed by atoms with Crippen LogP contribution in [0.25, 0.3) is 0 Å². The minimum atomic E-state index is 0.572. The van der Waals surface area contributed by atoms with Gasteiger partial charge in [0, 0.05) is 12.2 Å². The molecule has 2 nitrogen and oxygen atoms in total. The van der Waals surface area contributed by atoms with Crippen molar-refractivity contribution in [3.63, 3.8) is 0 Å². The van der Waals surface area contributed by atoms with Crippen molar-refractivity contribution in [2.45, 2.75) is 64.7 Å². The molecular formula is C13H28N2. The second-order valence-electron chi connectivity index (χ2n) is 4.24. The molecule has 0 amide bonds. The SMILES string of the molecule is CCCCCCCCCCC(N)=CCN. The Labute approximate surface area is 95.1 Å². The fourth-order valence-electron chi connectivity index (χ4n) is 1.72. The average Bonchev–Trinajstić information content (AvgIpc) is 2.22. The molecule has 0 atom stereocenters. The summed E-state index contributed by atoms with van der Waals surface area (Å²) in [4.78, 5) is 0. The molecule has 0 aliphatic carbocycles. The van der Waals surface area contributed by atoms with Gasteiger partial charge >= 0.3 is 0 Å². The van der Waals surface area contributed by atoms with Gasteiger partial charge in [0.15, 0.2) is 0 Å². The summed E-state index contributed by atoms with van der Waals surface area (Å²) in [6.45, 7) is 2.83. The predicted octanol–water partition coefficient (Wildman–Crippen LogP) is 3.32. The lowest BCUT2D eigenvalue weighted by atomic mass is 10.1. The normalized spacial score (nSPS) is 12.0. The van der Waals surface area contributed by atoms with E-state index in [1.807, 2.05) is 6.08 Å². The Kier molecular flexibility index (Phi) is 11.2. The Hall–Kier alpha value is -0.500. The third-order valence-corrected chi connectivity index (χ3v) is 2.70. The van der Waals surface area contributed by atoms with Crippen LogP contribution in [0.1, 0.15) is 64.7 Å². The highest BCUT2D eigenvalue weighted by Gasteiger charge is 1.93.